The second kappa shape index (κ2) is 6.34. The number of para-hydroxylation sites is 1. The van der Waals surface area contributed by atoms with Gasteiger partial charge in [0.05, 0.1) is 17.3 Å². The predicted molar refractivity (Wildman–Crippen MR) is 78.2 cm³/mol. The first-order valence-electron chi connectivity index (χ1n) is 6.15. The molecule has 0 aliphatic carbocycles. The quantitative estimate of drug-likeness (QED) is 0.818. The van der Waals surface area contributed by atoms with Gasteiger partial charge in [0, 0.05) is 6.07 Å². The van der Waals surface area contributed by atoms with Crippen LogP contribution in [0.2, 0.25) is 5.02 Å². The lowest BCUT2D eigenvalue weighted by Crippen LogP contribution is -1.99. The van der Waals surface area contributed by atoms with Crippen molar-refractivity contribution in [1.82, 2.24) is 0 Å². The first-order chi connectivity index (χ1) is 9.20. The Kier molecular flexibility index (Phi) is 4.53. The summed E-state index contributed by atoms with van der Waals surface area (Å²) in [5.41, 5.74) is 6.44. The highest BCUT2D eigenvalue weighted by Crippen LogP contribution is 2.33. The minimum absolute atomic E-state index is 0.565. The Morgan fingerprint density at radius 3 is 2.63 bits per heavy atom. The molecule has 4 heteroatoms. The van der Waals surface area contributed by atoms with Crippen LogP contribution in [0, 0.1) is 0 Å². The first-order valence-corrected chi connectivity index (χ1v) is 6.53. The molecule has 0 unspecified atom stereocenters. The molecule has 2 aromatic rings. The molecule has 100 valence electrons. The minimum Gasteiger partial charge on any atom is -0.491 e. The molecule has 0 radical (unpaired) electrons. The number of nitrogen functional groups attached to an aromatic ring is 1. The van der Waals surface area contributed by atoms with Crippen LogP contribution < -0.4 is 15.2 Å². The Balaban J connectivity index is 2.19. The van der Waals surface area contributed by atoms with Crippen LogP contribution in [0.1, 0.15) is 13.3 Å². The van der Waals surface area contributed by atoms with Gasteiger partial charge in [-0.2, -0.15) is 0 Å². The van der Waals surface area contributed by atoms with Crippen LogP contribution >= 0.6 is 11.6 Å². The molecule has 0 aromatic heterocycles. The fraction of sp³-hybridized carbons (Fsp3) is 0.200. The number of hydrogen-bond acceptors (Lipinski definition) is 3. The number of halogens is 1. The van der Waals surface area contributed by atoms with Gasteiger partial charge in [-0.25, -0.2) is 0 Å². The van der Waals surface area contributed by atoms with E-state index in [9.17, 15) is 0 Å². The number of nitrogens with two attached hydrogens (primary N) is 1. The van der Waals surface area contributed by atoms with Gasteiger partial charge >= 0.3 is 0 Å². The van der Waals surface area contributed by atoms with E-state index in [4.69, 9.17) is 26.8 Å². The average Bonchev–Trinajstić information content (AvgIpc) is 2.42. The standard InChI is InChI=1S/C15H16ClNO2/c1-2-9-18-15-10-11(7-8-13(15)17)19-14-6-4-3-5-12(14)16/h3-8,10H,2,9,17H2,1H3. The highest BCUT2D eigenvalue weighted by molar-refractivity contribution is 6.32. The molecule has 19 heavy (non-hydrogen) atoms. The van der Waals surface area contributed by atoms with E-state index >= 15 is 0 Å². The van der Waals surface area contributed by atoms with E-state index in [1.807, 2.05) is 25.1 Å². The summed E-state index contributed by atoms with van der Waals surface area (Å²) < 4.78 is 11.3. The predicted octanol–water partition coefficient (Wildman–Crippen LogP) is 4.50. The van der Waals surface area contributed by atoms with Gasteiger partial charge in [-0.1, -0.05) is 30.7 Å². The number of ether oxygens (including phenoxy) is 2. The largest absolute Gasteiger partial charge is 0.491 e. The van der Waals surface area contributed by atoms with Crippen molar-refractivity contribution in [3.8, 4) is 17.2 Å². The Hall–Kier alpha value is -1.87. The van der Waals surface area contributed by atoms with Gasteiger partial charge < -0.3 is 15.2 Å². The van der Waals surface area contributed by atoms with Gasteiger partial charge in [0.15, 0.2) is 0 Å². The van der Waals surface area contributed by atoms with Crippen LogP contribution in [-0.4, -0.2) is 6.61 Å². The lowest BCUT2D eigenvalue weighted by atomic mass is 10.2. The molecule has 2 N–H and O–H groups in total. The van der Waals surface area contributed by atoms with Crippen molar-refractivity contribution in [3.05, 3.63) is 47.5 Å². The summed E-state index contributed by atoms with van der Waals surface area (Å²) in [6.45, 7) is 2.67. The molecule has 0 bridgehead atoms. The van der Waals surface area contributed by atoms with E-state index < -0.39 is 0 Å². The first kappa shape index (κ1) is 13.6. The topological polar surface area (TPSA) is 44.5 Å². The van der Waals surface area contributed by atoms with Crippen LogP contribution in [0.4, 0.5) is 5.69 Å². The Bertz CT molecular complexity index is 558. The van der Waals surface area contributed by atoms with Crippen LogP contribution in [-0.2, 0) is 0 Å². The molecule has 2 rings (SSSR count). The van der Waals surface area contributed by atoms with E-state index in [1.165, 1.54) is 0 Å². The van der Waals surface area contributed by atoms with E-state index in [0.717, 1.165) is 6.42 Å². The highest BCUT2D eigenvalue weighted by atomic mass is 35.5. The maximum atomic E-state index is 6.05. The van der Waals surface area contributed by atoms with E-state index in [-0.39, 0.29) is 0 Å². The maximum absolute atomic E-state index is 6.05. The molecule has 2 aromatic carbocycles. The molecule has 0 atom stereocenters. The third kappa shape index (κ3) is 3.55. The van der Waals surface area contributed by atoms with E-state index in [0.29, 0.717) is 34.6 Å². The summed E-state index contributed by atoms with van der Waals surface area (Å²) in [6, 6.07) is 12.6. The van der Waals surface area contributed by atoms with Crippen molar-refractivity contribution in [2.45, 2.75) is 13.3 Å². The van der Waals surface area contributed by atoms with Gasteiger partial charge in [-0.05, 0) is 30.7 Å². The molecule has 0 aliphatic heterocycles. The normalized spacial score (nSPS) is 10.2. The van der Waals surface area contributed by atoms with Gasteiger partial charge in [-0.15, -0.1) is 0 Å². The SMILES string of the molecule is CCCOc1cc(Oc2ccccc2Cl)ccc1N. The summed E-state index contributed by atoms with van der Waals surface area (Å²) in [7, 11) is 0. The van der Waals surface area contributed by atoms with Gasteiger partial charge in [0.1, 0.15) is 17.2 Å². The lowest BCUT2D eigenvalue weighted by Gasteiger charge is -2.11. The van der Waals surface area contributed by atoms with Crippen LogP contribution in [0.25, 0.3) is 0 Å². The Morgan fingerprint density at radius 2 is 1.89 bits per heavy atom. The molecule has 0 fully saturated rings. The molecule has 0 amide bonds. The van der Waals surface area contributed by atoms with Crippen molar-refractivity contribution < 1.29 is 9.47 Å². The number of hydrogen-bond donors (Lipinski definition) is 1. The fourth-order valence-corrected chi connectivity index (χ4v) is 1.74. The highest BCUT2D eigenvalue weighted by Gasteiger charge is 2.06. The minimum atomic E-state index is 0.565. The molecular weight excluding hydrogens is 262 g/mol. The number of anilines is 1. The molecule has 0 saturated heterocycles. The second-order valence-electron chi connectivity index (χ2n) is 4.08. The lowest BCUT2D eigenvalue weighted by molar-refractivity contribution is 0.317. The van der Waals surface area contributed by atoms with Crippen LogP contribution in [0.3, 0.4) is 0 Å². The molecular formula is C15H16ClNO2. The summed E-state index contributed by atoms with van der Waals surface area (Å²) in [6.07, 6.45) is 0.926. The molecule has 0 saturated carbocycles. The van der Waals surface area contributed by atoms with Gasteiger partial charge in [0.25, 0.3) is 0 Å². The average molecular weight is 278 g/mol. The number of benzene rings is 2. The smallest absolute Gasteiger partial charge is 0.146 e. The zero-order chi connectivity index (χ0) is 13.7. The zero-order valence-electron chi connectivity index (χ0n) is 10.7. The van der Waals surface area contributed by atoms with Crippen molar-refractivity contribution in [1.29, 1.82) is 0 Å². The Morgan fingerprint density at radius 1 is 1.11 bits per heavy atom. The molecule has 3 nitrogen and oxygen atoms in total. The second-order valence-corrected chi connectivity index (χ2v) is 4.49. The summed E-state index contributed by atoms with van der Waals surface area (Å²) in [5, 5.41) is 0.565. The maximum Gasteiger partial charge on any atom is 0.146 e. The molecule has 0 aliphatic rings. The zero-order valence-corrected chi connectivity index (χ0v) is 11.5. The van der Waals surface area contributed by atoms with Crippen molar-refractivity contribution in [2.24, 2.45) is 0 Å². The summed E-state index contributed by atoms with van der Waals surface area (Å²) in [4.78, 5) is 0. The molecule has 0 spiro atoms. The van der Waals surface area contributed by atoms with E-state index in [2.05, 4.69) is 0 Å². The summed E-state index contributed by atoms with van der Waals surface area (Å²) >= 11 is 6.05. The Labute approximate surface area is 117 Å². The molecule has 0 heterocycles. The summed E-state index contributed by atoms with van der Waals surface area (Å²) in [5.74, 6) is 1.88. The fourth-order valence-electron chi connectivity index (χ4n) is 1.57. The van der Waals surface area contributed by atoms with Crippen LogP contribution in [0.5, 0.6) is 17.2 Å². The third-order valence-electron chi connectivity index (χ3n) is 2.51. The number of rotatable bonds is 5. The monoisotopic (exact) mass is 277 g/mol. The van der Waals surface area contributed by atoms with Crippen molar-refractivity contribution >= 4 is 17.3 Å². The van der Waals surface area contributed by atoms with Gasteiger partial charge in [0.2, 0.25) is 0 Å². The van der Waals surface area contributed by atoms with Crippen LogP contribution in [0.15, 0.2) is 42.5 Å². The van der Waals surface area contributed by atoms with Crippen molar-refractivity contribution in [3.63, 3.8) is 0 Å². The van der Waals surface area contributed by atoms with E-state index in [1.54, 1.807) is 24.3 Å². The third-order valence-corrected chi connectivity index (χ3v) is 2.82. The van der Waals surface area contributed by atoms with Gasteiger partial charge in [-0.3, -0.25) is 0 Å². The van der Waals surface area contributed by atoms with Crippen molar-refractivity contribution in [2.75, 3.05) is 12.3 Å².